The van der Waals surface area contributed by atoms with Crippen molar-refractivity contribution < 1.29 is 0 Å². The molecule has 82 valence electrons. The first-order chi connectivity index (χ1) is 8.38. The molecule has 0 aliphatic heterocycles. The van der Waals surface area contributed by atoms with Gasteiger partial charge in [-0.05, 0) is 23.1 Å². The molecule has 0 aromatic heterocycles. The topological polar surface area (TPSA) is 23.8 Å². The van der Waals surface area contributed by atoms with E-state index in [-0.39, 0.29) is 5.92 Å². The molecule has 1 aliphatic carbocycles. The standard InChI is InChI=1S/C16H13N/c17-11-15-10-16(15)14-8-6-13(7-9-14)12-4-2-1-3-5-12/h1-9,15-16H,10H2. The molecule has 2 unspecified atom stereocenters. The summed E-state index contributed by atoms with van der Waals surface area (Å²) < 4.78 is 0. The van der Waals surface area contributed by atoms with Crippen LogP contribution < -0.4 is 0 Å². The van der Waals surface area contributed by atoms with Gasteiger partial charge < -0.3 is 0 Å². The van der Waals surface area contributed by atoms with Crippen LogP contribution in [0, 0.1) is 17.2 Å². The highest BCUT2D eigenvalue weighted by atomic mass is 14.4. The van der Waals surface area contributed by atoms with E-state index < -0.39 is 0 Å². The molecule has 1 saturated carbocycles. The molecule has 0 bridgehead atoms. The molecule has 0 amide bonds. The molecule has 2 aromatic rings. The lowest BCUT2D eigenvalue weighted by molar-refractivity contribution is 1.02. The summed E-state index contributed by atoms with van der Waals surface area (Å²) in [4.78, 5) is 0. The Balaban J connectivity index is 1.84. The first-order valence-corrected chi connectivity index (χ1v) is 5.93. The van der Waals surface area contributed by atoms with Crippen LogP contribution in [0.3, 0.4) is 0 Å². The van der Waals surface area contributed by atoms with Gasteiger partial charge in [0.1, 0.15) is 0 Å². The van der Waals surface area contributed by atoms with Gasteiger partial charge in [0.05, 0.1) is 12.0 Å². The van der Waals surface area contributed by atoms with E-state index in [0.29, 0.717) is 5.92 Å². The maximum atomic E-state index is 8.82. The van der Waals surface area contributed by atoms with Crippen molar-refractivity contribution in [2.24, 2.45) is 5.92 Å². The fourth-order valence-electron chi connectivity index (χ4n) is 2.26. The predicted octanol–water partition coefficient (Wildman–Crippen LogP) is 3.98. The average Bonchev–Trinajstić information content (AvgIpc) is 3.19. The number of nitriles is 1. The zero-order valence-corrected chi connectivity index (χ0v) is 9.51. The molecule has 1 heteroatoms. The number of nitrogens with zero attached hydrogens (tertiary/aromatic N) is 1. The Kier molecular flexibility index (Phi) is 2.42. The molecule has 1 fully saturated rings. The molecule has 0 radical (unpaired) electrons. The summed E-state index contributed by atoms with van der Waals surface area (Å²) in [5, 5.41) is 8.82. The van der Waals surface area contributed by atoms with Crippen molar-refractivity contribution in [2.45, 2.75) is 12.3 Å². The zero-order chi connectivity index (χ0) is 11.7. The van der Waals surface area contributed by atoms with Crippen molar-refractivity contribution in [3.05, 3.63) is 60.2 Å². The minimum atomic E-state index is 0.248. The summed E-state index contributed by atoms with van der Waals surface area (Å²) in [6.07, 6.45) is 1.03. The lowest BCUT2D eigenvalue weighted by Crippen LogP contribution is -1.83. The summed E-state index contributed by atoms with van der Waals surface area (Å²) in [5.74, 6) is 0.724. The Morgan fingerprint density at radius 2 is 1.53 bits per heavy atom. The molecule has 2 aromatic carbocycles. The Morgan fingerprint density at radius 3 is 2.12 bits per heavy atom. The smallest absolute Gasteiger partial charge is 0.0662 e. The third-order valence-electron chi connectivity index (χ3n) is 3.40. The fourth-order valence-corrected chi connectivity index (χ4v) is 2.26. The van der Waals surface area contributed by atoms with Crippen molar-refractivity contribution in [3.63, 3.8) is 0 Å². The lowest BCUT2D eigenvalue weighted by atomic mass is 10.0. The van der Waals surface area contributed by atoms with E-state index in [4.69, 9.17) is 5.26 Å². The first kappa shape index (κ1) is 10.1. The van der Waals surface area contributed by atoms with Crippen LogP contribution in [0.2, 0.25) is 0 Å². The second kappa shape index (κ2) is 4.07. The normalized spacial score (nSPS) is 21.8. The van der Waals surface area contributed by atoms with Crippen LogP contribution in [-0.2, 0) is 0 Å². The minimum absolute atomic E-state index is 0.248. The first-order valence-electron chi connectivity index (χ1n) is 5.93. The average molecular weight is 219 g/mol. The fraction of sp³-hybridized carbons (Fsp3) is 0.188. The molecule has 2 atom stereocenters. The van der Waals surface area contributed by atoms with Crippen molar-refractivity contribution in [3.8, 4) is 17.2 Å². The highest BCUT2D eigenvalue weighted by molar-refractivity contribution is 5.63. The maximum absolute atomic E-state index is 8.82. The Bertz CT molecular complexity index is 548. The van der Waals surface area contributed by atoms with E-state index in [1.54, 1.807) is 0 Å². The molecule has 1 nitrogen and oxygen atoms in total. The van der Waals surface area contributed by atoms with Gasteiger partial charge in [-0.3, -0.25) is 0 Å². The van der Waals surface area contributed by atoms with Crippen LogP contribution in [0.5, 0.6) is 0 Å². The van der Waals surface area contributed by atoms with Gasteiger partial charge in [0, 0.05) is 5.92 Å². The Hall–Kier alpha value is -2.07. The number of hydrogen-bond acceptors (Lipinski definition) is 1. The van der Waals surface area contributed by atoms with E-state index in [0.717, 1.165) is 6.42 Å². The van der Waals surface area contributed by atoms with Crippen molar-refractivity contribution >= 4 is 0 Å². The van der Waals surface area contributed by atoms with Crippen LogP contribution in [-0.4, -0.2) is 0 Å². The second-order valence-corrected chi connectivity index (χ2v) is 4.57. The minimum Gasteiger partial charge on any atom is -0.198 e. The number of benzene rings is 2. The predicted molar refractivity (Wildman–Crippen MR) is 68.3 cm³/mol. The van der Waals surface area contributed by atoms with E-state index in [9.17, 15) is 0 Å². The third-order valence-corrected chi connectivity index (χ3v) is 3.40. The van der Waals surface area contributed by atoms with Crippen molar-refractivity contribution in [2.75, 3.05) is 0 Å². The molecular formula is C16H13N. The number of rotatable bonds is 2. The van der Waals surface area contributed by atoms with Gasteiger partial charge in [0.2, 0.25) is 0 Å². The SMILES string of the molecule is N#CC1CC1c1ccc(-c2ccccc2)cc1. The molecule has 0 spiro atoms. The highest BCUT2D eigenvalue weighted by Crippen LogP contribution is 2.46. The van der Waals surface area contributed by atoms with Gasteiger partial charge in [-0.1, -0.05) is 54.6 Å². The molecule has 1 aliphatic rings. The number of hydrogen-bond donors (Lipinski definition) is 0. The van der Waals surface area contributed by atoms with Gasteiger partial charge in [-0.15, -0.1) is 0 Å². The van der Waals surface area contributed by atoms with Gasteiger partial charge in [0.25, 0.3) is 0 Å². The second-order valence-electron chi connectivity index (χ2n) is 4.57. The molecule has 0 N–H and O–H groups in total. The summed E-state index contributed by atoms with van der Waals surface area (Å²) in [6.45, 7) is 0. The van der Waals surface area contributed by atoms with Crippen LogP contribution in [0.15, 0.2) is 54.6 Å². The molecule has 0 saturated heterocycles. The van der Waals surface area contributed by atoms with Crippen molar-refractivity contribution in [1.82, 2.24) is 0 Å². The summed E-state index contributed by atoms with van der Waals surface area (Å²) in [7, 11) is 0. The Morgan fingerprint density at radius 1 is 0.882 bits per heavy atom. The zero-order valence-electron chi connectivity index (χ0n) is 9.51. The quantitative estimate of drug-likeness (QED) is 0.749. The summed E-state index contributed by atoms with van der Waals surface area (Å²) in [6, 6.07) is 21.3. The molecule has 0 heterocycles. The molecule has 17 heavy (non-hydrogen) atoms. The van der Waals surface area contributed by atoms with Crippen molar-refractivity contribution in [1.29, 1.82) is 5.26 Å². The molecular weight excluding hydrogens is 206 g/mol. The van der Waals surface area contributed by atoms with Gasteiger partial charge >= 0.3 is 0 Å². The monoisotopic (exact) mass is 219 g/mol. The van der Waals surface area contributed by atoms with Gasteiger partial charge in [-0.2, -0.15) is 5.26 Å². The van der Waals surface area contributed by atoms with Gasteiger partial charge in [-0.25, -0.2) is 0 Å². The largest absolute Gasteiger partial charge is 0.198 e. The van der Waals surface area contributed by atoms with E-state index in [2.05, 4.69) is 54.6 Å². The van der Waals surface area contributed by atoms with Crippen LogP contribution in [0.1, 0.15) is 17.9 Å². The lowest BCUT2D eigenvalue weighted by Gasteiger charge is -2.03. The summed E-state index contributed by atoms with van der Waals surface area (Å²) in [5.41, 5.74) is 3.78. The van der Waals surface area contributed by atoms with E-state index >= 15 is 0 Å². The van der Waals surface area contributed by atoms with Gasteiger partial charge in [0.15, 0.2) is 0 Å². The molecule has 3 rings (SSSR count). The summed E-state index contributed by atoms with van der Waals surface area (Å²) >= 11 is 0. The van der Waals surface area contributed by atoms with E-state index in [1.807, 2.05) is 6.07 Å². The van der Waals surface area contributed by atoms with Crippen LogP contribution in [0.4, 0.5) is 0 Å². The van der Waals surface area contributed by atoms with Crippen LogP contribution >= 0.6 is 0 Å². The highest BCUT2D eigenvalue weighted by Gasteiger charge is 2.38. The van der Waals surface area contributed by atoms with E-state index in [1.165, 1.54) is 16.7 Å². The Labute approximate surface area is 101 Å². The van der Waals surface area contributed by atoms with Crippen LogP contribution in [0.25, 0.3) is 11.1 Å². The maximum Gasteiger partial charge on any atom is 0.0662 e. The third kappa shape index (κ3) is 1.94.